The molecule has 1 N–H and O–H groups in total. The van der Waals surface area contributed by atoms with E-state index in [9.17, 15) is 4.79 Å². The third-order valence-electron chi connectivity index (χ3n) is 3.93. The Labute approximate surface area is 119 Å². The topological polar surface area (TPSA) is 42.1 Å². The van der Waals surface area contributed by atoms with E-state index in [1.54, 1.807) is 11.8 Å². The first-order valence-corrected chi connectivity index (χ1v) is 8.05. The Hall–Kier alpha value is -1.20. The number of H-pyrrole nitrogens is 1. The maximum absolute atomic E-state index is 11.7. The van der Waals surface area contributed by atoms with Crippen LogP contribution in [0.2, 0.25) is 0 Å². The lowest BCUT2D eigenvalue weighted by Crippen LogP contribution is -2.40. The number of thioether (sulfide) groups is 1. The number of fused-ring (bicyclic) bond motifs is 5. The van der Waals surface area contributed by atoms with Gasteiger partial charge in [-0.3, -0.25) is 4.79 Å². The van der Waals surface area contributed by atoms with Crippen molar-refractivity contribution in [1.82, 2.24) is 4.98 Å². The van der Waals surface area contributed by atoms with E-state index in [1.807, 2.05) is 18.2 Å². The molecule has 0 radical (unpaired) electrons. The molecule has 98 valence electrons. The number of para-hydroxylation sites is 1. The maximum atomic E-state index is 11.7. The normalized spacial score (nSPS) is 27.9. The summed E-state index contributed by atoms with van der Waals surface area (Å²) in [5.41, 5.74) is 1.28. The molecular weight excluding hydrogens is 278 g/mol. The zero-order valence-electron chi connectivity index (χ0n) is 10.4. The van der Waals surface area contributed by atoms with Crippen LogP contribution in [0.25, 0.3) is 0 Å². The SMILES string of the molecule is CC12COc3ccccc3C1c1sc(=O)[nH]c1SC2. The minimum absolute atomic E-state index is 0.0470. The van der Waals surface area contributed by atoms with E-state index in [2.05, 4.69) is 18.0 Å². The predicted molar refractivity (Wildman–Crippen MR) is 77.6 cm³/mol. The fourth-order valence-corrected chi connectivity index (χ4v) is 5.54. The number of aromatic nitrogens is 1. The average Bonchev–Trinajstić information content (AvgIpc) is 2.78. The molecule has 0 saturated heterocycles. The van der Waals surface area contributed by atoms with E-state index in [0.717, 1.165) is 16.5 Å². The van der Waals surface area contributed by atoms with Gasteiger partial charge >= 0.3 is 4.87 Å². The molecule has 0 fully saturated rings. The molecule has 2 unspecified atom stereocenters. The van der Waals surface area contributed by atoms with Crippen LogP contribution in [0, 0.1) is 5.41 Å². The Morgan fingerprint density at radius 1 is 1.42 bits per heavy atom. The van der Waals surface area contributed by atoms with Crippen molar-refractivity contribution in [2.75, 3.05) is 12.4 Å². The van der Waals surface area contributed by atoms with Gasteiger partial charge in [-0.1, -0.05) is 36.5 Å². The second-order valence-electron chi connectivity index (χ2n) is 5.41. The van der Waals surface area contributed by atoms with Crippen LogP contribution < -0.4 is 9.61 Å². The molecule has 0 saturated carbocycles. The molecule has 0 bridgehead atoms. The quantitative estimate of drug-likeness (QED) is 0.811. The number of thiazole rings is 1. The second kappa shape index (κ2) is 3.90. The molecule has 2 atom stereocenters. The van der Waals surface area contributed by atoms with E-state index < -0.39 is 0 Å². The minimum Gasteiger partial charge on any atom is -0.493 e. The smallest absolute Gasteiger partial charge is 0.305 e. The van der Waals surface area contributed by atoms with E-state index in [1.165, 1.54) is 21.8 Å². The van der Waals surface area contributed by atoms with Gasteiger partial charge in [-0.25, -0.2) is 0 Å². The molecule has 0 spiro atoms. The lowest BCUT2D eigenvalue weighted by atomic mass is 9.72. The van der Waals surface area contributed by atoms with Crippen LogP contribution in [-0.4, -0.2) is 17.3 Å². The number of ether oxygens (including phenoxy) is 1. The third-order valence-corrected chi connectivity index (χ3v) is 6.43. The zero-order chi connectivity index (χ0) is 13.0. The summed E-state index contributed by atoms with van der Waals surface area (Å²) in [5, 5.41) is 1.05. The van der Waals surface area contributed by atoms with Gasteiger partial charge in [0.2, 0.25) is 0 Å². The maximum Gasteiger partial charge on any atom is 0.305 e. The minimum atomic E-state index is 0.0470. The van der Waals surface area contributed by atoms with Crippen molar-refractivity contribution >= 4 is 23.1 Å². The molecule has 4 rings (SSSR count). The molecular formula is C14H13NO2S2. The zero-order valence-corrected chi connectivity index (χ0v) is 12.1. The van der Waals surface area contributed by atoms with Gasteiger partial charge in [-0.05, 0) is 6.07 Å². The summed E-state index contributed by atoms with van der Waals surface area (Å²) >= 11 is 3.09. The molecule has 2 aromatic rings. The van der Waals surface area contributed by atoms with Gasteiger partial charge in [0.1, 0.15) is 5.75 Å². The highest BCUT2D eigenvalue weighted by molar-refractivity contribution is 7.99. The Balaban J connectivity index is 1.98. The number of hydrogen-bond acceptors (Lipinski definition) is 4. The van der Waals surface area contributed by atoms with Crippen molar-refractivity contribution in [3.63, 3.8) is 0 Å². The highest BCUT2D eigenvalue weighted by Gasteiger charge is 2.46. The third kappa shape index (κ3) is 1.61. The van der Waals surface area contributed by atoms with Crippen molar-refractivity contribution in [3.05, 3.63) is 44.4 Å². The van der Waals surface area contributed by atoms with Gasteiger partial charge in [-0.15, -0.1) is 11.8 Å². The molecule has 0 aliphatic carbocycles. The summed E-state index contributed by atoms with van der Waals surface area (Å²) in [4.78, 5) is 15.9. The number of aromatic amines is 1. The fraction of sp³-hybridized carbons (Fsp3) is 0.357. The lowest BCUT2D eigenvalue weighted by molar-refractivity contribution is 0.137. The highest BCUT2D eigenvalue weighted by Crippen LogP contribution is 2.55. The van der Waals surface area contributed by atoms with E-state index in [-0.39, 0.29) is 16.2 Å². The number of nitrogens with one attached hydrogen (secondary N) is 1. The largest absolute Gasteiger partial charge is 0.493 e. The van der Waals surface area contributed by atoms with Crippen LogP contribution in [0.1, 0.15) is 23.3 Å². The van der Waals surface area contributed by atoms with Gasteiger partial charge in [0.15, 0.2) is 0 Å². The number of benzene rings is 1. The molecule has 1 aromatic carbocycles. The Kier molecular flexibility index (Phi) is 2.38. The monoisotopic (exact) mass is 291 g/mol. The molecule has 2 aliphatic rings. The van der Waals surface area contributed by atoms with Gasteiger partial charge in [-0.2, -0.15) is 0 Å². The van der Waals surface area contributed by atoms with Crippen LogP contribution in [0.5, 0.6) is 5.75 Å². The van der Waals surface area contributed by atoms with Crippen molar-refractivity contribution in [1.29, 1.82) is 0 Å². The molecule has 19 heavy (non-hydrogen) atoms. The highest BCUT2D eigenvalue weighted by atomic mass is 32.2. The number of rotatable bonds is 0. The first-order chi connectivity index (χ1) is 9.17. The summed E-state index contributed by atoms with van der Waals surface area (Å²) in [5.74, 6) is 2.22. The van der Waals surface area contributed by atoms with E-state index in [0.29, 0.717) is 6.61 Å². The molecule has 2 aliphatic heterocycles. The molecule has 3 nitrogen and oxygen atoms in total. The average molecular weight is 291 g/mol. The molecule has 1 aromatic heterocycles. The molecule has 0 amide bonds. The summed E-state index contributed by atoms with van der Waals surface area (Å²) in [6.07, 6.45) is 0. The second-order valence-corrected chi connectivity index (χ2v) is 7.41. The summed E-state index contributed by atoms with van der Waals surface area (Å²) in [6, 6.07) is 8.19. The van der Waals surface area contributed by atoms with Crippen molar-refractivity contribution in [2.24, 2.45) is 5.41 Å². The molecule has 3 heterocycles. The van der Waals surface area contributed by atoms with Crippen molar-refractivity contribution < 1.29 is 4.74 Å². The van der Waals surface area contributed by atoms with Crippen LogP contribution in [-0.2, 0) is 0 Å². The first kappa shape index (κ1) is 11.6. The summed E-state index contributed by atoms with van der Waals surface area (Å²) < 4.78 is 5.92. The first-order valence-electron chi connectivity index (χ1n) is 6.25. The summed E-state index contributed by atoms with van der Waals surface area (Å²) in [7, 11) is 0. The predicted octanol–water partition coefficient (Wildman–Crippen LogP) is 3.07. The van der Waals surface area contributed by atoms with Crippen LogP contribution >= 0.6 is 23.1 Å². The summed E-state index contributed by atoms with van der Waals surface area (Å²) in [6.45, 7) is 2.97. The Morgan fingerprint density at radius 2 is 2.26 bits per heavy atom. The fourth-order valence-electron chi connectivity index (χ4n) is 2.99. The van der Waals surface area contributed by atoms with Gasteiger partial charge in [0, 0.05) is 27.5 Å². The Bertz CT molecular complexity index is 705. The van der Waals surface area contributed by atoms with Crippen molar-refractivity contribution in [3.8, 4) is 5.75 Å². The van der Waals surface area contributed by atoms with Crippen LogP contribution in [0.4, 0.5) is 0 Å². The molecule has 5 heteroatoms. The van der Waals surface area contributed by atoms with Gasteiger partial charge in [0.25, 0.3) is 0 Å². The Morgan fingerprint density at radius 3 is 3.16 bits per heavy atom. The van der Waals surface area contributed by atoms with E-state index >= 15 is 0 Å². The number of hydrogen-bond donors (Lipinski definition) is 1. The van der Waals surface area contributed by atoms with Crippen LogP contribution in [0.15, 0.2) is 34.1 Å². The standard InChI is InChI=1S/C14H13NO2S2/c1-14-6-17-9-5-3-2-4-8(9)10(14)11-12(18-7-14)15-13(16)19-11/h2-5,10H,6-7H2,1H3,(H,15,16). The van der Waals surface area contributed by atoms with Crippen LogP contribution in [0.3, 0.4) is 0 Å². The lowest BCUT2D eigenvalue weighted by Gasteiger charge is -2.44. The van der Waals surface area contributed by atoms with Gasteiger partial charge in [0.05, 0.1) is 11.6 Å². The van der Waals surface area contributed by atoms with E-state index in [4.69, 9.17) is 4.74 Å². The van der Waals surface area contributed by atoms with Gasteiger partial charge < -0.3 is 9.72 Å². The van der Waals surface area contributed by atoms with Crippen molar-refractivity contribution in [2.45, 2.75) is 17.9 Å².